The van der Waals surface area contributed by atoms with E-state index in [-0.39, 0.29) is 0 Å². The van der Waals surface area contributed by atoms with Crippen LogP contribution < -0.4 is 0 Å². The maximum atomic E-state index is 4.72. The van der Waals surface area contributed by atoms with Crippen molar-refractivity contribution in [3.8, 4) is 0 Å². The van der Waals surface area contributed by atoms with Crippen LogP contribution in [0.3, 0.4) is 0 Å². The normalized spacial score (nSPS) is 14.1. The van der Waals surface area contributed by atoms with Gasteiger partial charge in [0.1, 0.15) is 0 Å². The Hall–Kier alpha value is -0.440. The molecule has 0 aromatic rings. The average molecular weight is 367 g/mol. The van der Waals surface area contributed by atoms with Crippen molar-refractivity contribution >= 4 is 17.6 Å². The summed E-state index contributed by atoms with van der Waals surface area (Å²) in [4.78, 5) is 7.23. The number of unbranched alkanes of at least 4 members (excludes halogenated alkanes) is 11. The molecule has 0 unspecified atom stereocenters. The van der Waals surface area contributed by atoms with E-state index >= 15 is 0 Å². The summed E-state index contributed by atoms with van der Waals surface area (Å²) in [7, 11) is 0. The van der Waals surface area contributed by atoms with Gasteiger partial charge < -0.3 is 4.90 Å². The highest BCUT2D eigenvalue weighted by molar-refractivity contribution is 7.99. The van der Waals surface area contributed by atoms with Gasteiger partial charge in [0, 0.05) is 31.0 Å². The van der Waals surface area contributed by atoms with Crippen LogP contribution in [-0.2, 0) is 0 Å². The van der Waals surface area contributed by atoms with Crippen LogP contribution in [0.1, 0.15) is 90.4 Å². The minimum Gasteiger partial charge on any atom is -0.358 e. The molecule has 0 spiro atoms. The Kier molecular flexibility index (Phi) is 15.4. The van der Waals surface area contributed by atoms with Gasteiger partial charge in [-0.05, 0) is 6.42 Å². The molecule has 25 heavy (non-hydrogen) atoms. The first kappa shape index (κ1) is 22.6. The molecular weight excluding hydrogens is 324 g/mol. The van der Waals surface area contributed by atoms with Crippen LogP contribution in [0.15, 0.2) is 17.6 Å². The van der Waals surface area contributed by atoms with Crippen LogP contribution in [0.2, 0.25) is 0 Å². The van der Waals surface area contributed by atoms with Crippen molar-refractivity contribution in [3.63, 3.8) is 0 Å². The lowest BCUT2D eigenvalue weighted by molar-refractivity contribution is 0.473. The fourth-order valence-corrected chi connectivity index (χ4v) is 4.16. The third-order valence-electron chi connectivity index (χ3n) is 5.02. The number of thioether (sulfide) groups is 1. The van der Waals surface area contributed by atoms with E-state index in [9.17, 15) is 0 Å². The fourth-order valence-electron chi connectivity index (χ4n) is 3.47. The van der Waals surface area contributed by atoms with Crippen molar-refractivity contribution in [3.05, 3.63) is 12.7 Å². The zero-order valence-electron chi connectivity index (χ0n) is 16.8. The molecule has 0 atom stereocenters. The minimum absolute atomic E-state index is 1.01. The Balaban J connectivity index is 1.88. The molecule has 2 nitrogen and oxygen atoms in total. The number of rotatable bonds is 18. The van der Waals surface area contributed by atoms with Crippen molar-refractivity contribution in [1.82, 2.24) is 4.90 Å². The van der Waals surface area contributed by atoms with E-state index in [0.717, 1.165) is 25.4 Å². The third kappa shape index (κ3) is 12.5. The Labute approximate surface area is 161 Å². The molecule has 0 aromatic heterocycles. The Morgan fingerprint density at radius 3 is 2.16 bits per heavy atom. The molecule has 0 bridgehead atoms. The van der Waals surface area contributed by atoms with E-state index in [2.05, 4.69) is 18.4 Å². The molecule has 1 heterocycles. The second kappa shape index (κ2) is 17.0. The summed E-state index contributed by atoms with van der Waals surface area (Å²) in [6.45, 7) is 9.39. The number of aliphatic imine (C=N–C) groups is 1. The average Bonchev–Trinajstić information content (AvgIpc) is 3.07. The van der Waals surface area contributed by atoms with Crippen LogP contribution in [0.4, 0.5) is 0 Å². The van der Waals surface area contributed by atoms with Gasteiger partial charge in [-0.1, -0.05) is 83.6 Å². The first-order valence-electron chi connectivity index (χ1n) is 10.9. The summed E-state index contributed by atoms with van der Waals surface area (Å²) in [5.41, 5.74) is 0. The second-order valence-corrected chi connectivity index (χ2v) is 8.44. The van der Waals surface area contributed by atoms with Gasteiger partial charge in [-0.3, -0.25) is 4.99 Å². The zero-order chi connectivity index (χ0) is 18.0. The predicted octanol–water partition coefficient (Wildman–Crippen LogP) is 6.71. The molecule has 1 aliphatic rings. The SMILES string of the molecule is C=CCSCCN1CCN=C1CCCCCCCCCCCCCC. The van der Waals surface area contributed by atoms with Gasteiger partial charge in [0.25, 0.3) is 0 Å². The highest BCUT2D eigenvalue weighted by Crippen LogP contribution is 2.15. The Morgan fingerprint density at radius 1 is 0.960 bits per heavy atom. The molecule has 0 amide bonds. The Morgan fingerprint density at radius 2 is 1.56 bits per heavy atom. The lowest BCUT2D eigenvalue weighted by Crippen LogP contribution is -2.30. The molecule has 0 fully saturated rings. The largest absolute Gasteiger partial charge is 0.358 e. The summed E-state index contributed by atoms with van der Waals surface area (Å²) in [5.74, 6) is 3.65. The first-order valence-corrected chi connectivity index (χ1v) is 12.0. The topological polar surface area (TPSA) is 15.6 Å². The van der Waals surface area contributed by atoms with Crippen molar-refractivity contribution in [1.29, 1.82) is 0 Å². The Bertz CT molecular complexity index is 341. The lowest BCUT2D eigenvalue weighted by Gasteiger charge is -2.20. The van der Waals surface area contributed by atoms with E-state index in [4.69, 9.17) is 4.99 Å². The van der Waals surface area contributed by atoms with E-state index in [1.54, 1.807) is 0 Å². The number of nitrogens with zero attached hydrogens (tertiary/aromatic N) is 2. The lowest BCUT2D eigenvalue weighted by atomic mass is 10.0. The fraction of sp³-hybridized carbons (Fsp3) is 0.864. The summed E-state index contributed by atoms with van der Waals surface area (Å²) < 4.78 is 0. The minimum atomic E-state index is 1.01. The number of hydrogen-bond acceptors (Lipinski definition) is 3. The molecule has 0 aromatic carbocycles. The zero-order valence-corrected chi connectivity index (χ0v) is 17.6. The molecule has 3 heteroatoms. The van der Waals surface area contributed by atoms with E-state index in [1.807, 2.05) is 17.8 Å². The number of amidine groups is 1. The summed E-state index contributed by atoms with van der Waals surface area (Å²) in [5, 5.41) is 0. The molecule has 146 valence electrons. The molecule has 1 aliphatic heterocycles. The van der Waals surface area contributed by atoms with Gasteiger partial charge in [0.15, 0.2) is 0 Å². The molecular formula is C22H42N2S. The van der Waals surface area contributed by atoms with Crippen molar-refractivity contribution in [2.75, 3.05) is 31.1 Å². The predicted molar refractivity (Wildman–Crippen MR) is 117 cm³/mol. The monoisotopic (exact) mass is 366 g/mol. The van der Waals surface area contributed by atoms with Crippen molar-refractivity contribution in [2.24, 2.45) is 4.99 Å². The molecule has 0 saturated heterocycles. The van der Waals surface area contributed by atoms with Crippen LogP contribution in [-0.4, -0.2) is 41.9 Å². The van der Waals surface area contributed by atoms with E-state index in [0.29, 0.717) is 0 Å². The number of hydrogen-bond donors (Lipinski definition) is 0. The van der Waals surface area contributed by atoms with Gasteiger partial charge >= 0.3 is 0 Å². The quantitative estimate of drug-likeness (QED) is 0.198. The molecule has 0 aliphatic carbocycles. The van der Waals surface area contributed by atoms with Crippen LogP contribution >= 0.6 is 11.8 Å². The summed E-state index contributed by atoms with van der Waals surface area (Å²) in [6, 6.07) is 0. The smallest absolute Gasteiger partial charge is 0.0990 e. The summed E-state index contributed by atoms with van der Waals surface area (Å²) >= 11 is 1.97. The van der Waals surface area contributed by atoms with Gasteiger partial charge in [-0.15, -0.1) is 6.58 Å². The third-order valence-corrected chi connectivity index (χ3v) is 5.97. The van der Waals surface area contributed by atoms with Crippen LogP contribution in [0.25, 0.3) is 0 Å². The van der Waals surface area contributed by atoms with Gasteiger partial charge in [0.05, 0.1) is 12.4 Å². The molecule has 0 N–H and O–H groups in total. The maximum absolute atomic E-state index is 4.72. The van der Waals surface area contributed by atoms with Gasteiger partial charge in [-0.2, -0.15) is 11.8 Å². The van der Waals surface area contributed by atoms with E-state index < -0.39 is 0 Å². The van der Waals surface area contributed by atoms with E-state index in [1.165, 1.54) is 95.1 Å². The van der Waals surface area contributed by atoms with Crippen molar-refractivity contribution < 1.29 is 0 Å². The maximum Gasteiger partial charge on any atom is 0.0990 e. The second-order valence-electron chi connectivity index (χ2n) is 7.29. The van der Waals surface area contributed by atoms with Crippen molar-refractivity contribution in [2.45, 2.75) is 90.4 Å². The molecule has 1 rings (SSSR count). The van der Waals surface area contributed by atoms with Gasteiger partial charge in [0.2, 0.25) is 0 Å². The van der Waals surface area contributed by atoms with Gasteiger partial charge in [-0.25, -0.2) is 0 Å². The molecule has 0 radical (unpaired) electrons. The molecule has 0 saturated carbocycles. The van der Waals surface area contributed by atoms with Crippen LogP contribution in [0, 0.1) is 0 Å². The van der Waals surface area contributed by atoms with Crippen LogP contribution in [0.5, 0.6) is 0 Å². The standard InChI is InChI=1S/C22H42N2S/c1-3-5-6-7-8-9-10-11-12-13-14-15-16-22-23-17-18-24(22)19-21-25-20-4-2/h4H,2-3,5-21H2,1H3. The summed E-state index contributed by atoms with van der Waals surface area (Å²) in [6.07, 6.45) is 20.3. The first-order chi connectivity index (χ1) is 12.4. The highest BCUT2D eigenvalue weighted by atomic mass is 32.2. The highest BCUT2D eigenvalue weighted by Gasteiger charge is 2.15.